The molecular weight excluding hydrogens is 225 g/mol. The molecule has 0 aliphatic rings. The molecule has 1 N–H and O–H groups in total. The molecule has 76 valence electrons. The summed E-state index contributed by atoms with van der Waals surface area (Å²) in [7, 11) is -4.27. The third kappa shape index (κ3) is 4.78. The first-order valence-electron chi connectivity index (χ1n) is 3.94. The standard InChI is InChI=1S/C9H9NO3S.Na.H/c10-7-9(14(11,12)13)6-8-4-2-1-3-5-8;;/h1-5,9H,6H2,(H,11,12,13);;/q;+1;-1. The van der Waals surface area contributed by atoms with Gasteiger partial charge in [0.1, 0.15) is 0 Å². The van der Waals surface area contributed by atoms with Crippen LogP contribution in [-0.2, 0) is 16.5 Å². The van der Waals surface area contributed by atoms with Gasteiger partial charge in [0.2, 0.25) is 0 Å². The van der Waals surface area contributed by atoms with Gasteiger partial charge in [0, 0.05) is 6.42 Å². The van der Waals surface area contributed by atoms with Gasteiger partial charge < -0.3 is 1.43 Å². The number of rotatable bonds is 3. The molecule has 15 heavy (non-hydrogen) atoms. The fourth-order valence-electron chi connectivity index (χ4n) is 1.05. The molecule has 0 heterocycles. The minimum absolute atomic E-state index is 0. The fraction of sp³-hybridized carbons (Fsp3) is 0.222. The van der Waals surface area contributed by atoms with Crippen molar-refractivity contribution >= 4 is 10.1 Å². The van der Waals surface area contributed by atoms with E-state index in [4.69, 9.17) is 9.81 Å². The van der Waals surface area contributed by atoms with Crippen LogP contribution >= 0.6 is 0 Å². The Labute approximate surface area is 112 Å². The minimum atomic E-state index is -4.27. The maximum absolute atomic E-state index is 10.7. The Bertz CT molecular complexity index is 444. The second kappa shape index (κ2) is 6.26. The van der Waals surface area contributed by atoms with E-state index in [2.05, 4.69) is 0 Å². The van der Waals surface area contributed by atoms with E-state index in [1.54, 1.807) is 36.4 Å². The molecule has 1 aromatic rings. The van der Waals surface area contributed by atoms with Crippen LogP contribution < -0.4 is 29.6 Å². The van der Waals surface area contributed by atoms with E-state index in [1.165, 1.54) is 0 Å². The van der Waals surface area contributed by atoms with Crippen molar-refractivity contribution in [3.05, 3.63) is 35.9 Å². The molecule has 0 amide bonds. The molecule has 0 aliphatic carbocycles. The van der Waals surface area contributed by atoms with Gasteiger partial charge in [-0.25, -0.2) is 0 Å². The van der Waals surface area contributed by atoms with Crippen molar-refractivity contribution in [2.75, 3.05) is 0 Å². The van der Waals surface area contributed by atoms with Crippen molar-refractivity contribution in [3.63, 3.8) is 0 Å². The van der Waals surface area contributed by atoms with Crippen LogP contribution in [0.2, 0.25) is 0 Å². The summed E-state index contributed by atoms with van der Waals surface area (Å²) >= 11 is 0. The summed E-state index contributed by atoms with van der Waals surface area (Å²) in [5, 5.41) is 7.15. The molecule has 4 nitrogen and oxygen atoms in total. The minimum Gasteiger partial charge on any atom is -1.00 e. The van der Waals surface area contributed by atoms with Gasteiger partial charge in [-0.2, -0.15) is 13.7 Å². The van der Waals surface area contributed by atoms with Crippen molar-refractivity contribution in [3.8, 4) is 6.07 Å². The van der Waals surface area contributed by atoms with Crippen molar-refractivity contribution in [1.82, 2.24) is 0 Å². The van der Waals surface area contributed by atoms with Gasteiger partial charge in [-0.3, -0.25) is 4.55 Å². The van der Waals surface area contributed by atoms with Gasteiger partial charge in [-0.05, 0) is 5.56 Å². The molecule has 1 rings (SSSR count). The average Bonchev–Trinajstić information content (AvgIpc) is 2.14. The largest absolute Gasteiger partial charge is 1.00 e. The first kappa shape index (κ1) is 14.6. The first-order chi connectivity index (χ1) is 6.54. The van der Waals surface area contributed by atoms with Crippen LogP contribution in [0.25, 0.3) is 0 Å². The molecule has 0 aliphatic heterocycles. The summed E-state index contributed by atoms with van der Waals surface area (Å²) in [6, 6.07) is 10.2. The Hall–Kier alpha value is -0.380. The summed E-state index contributed by atoms with van der Waals surface area (Å²) in [5.74, 6) is 0. The third-order valence-corrected chi connectivity index (χ3v) is 2.76. The normalized spacial score (nSPS) is 12.3. The van der Waals surface area contributed by atoms with Crippen LogP contribution in [0, 0.1) is 11.3 Å². The van der Waals surface area contributed by atoms with Crippen LogP contribution in [0.15, 0.2) is 30.3 Å². The Morgan fingerprint density at radius 1 is 1.40 bits per heavy atom. The summed E-state index contributed by atoms with van der Waals surface area (Å²) < 4.78 is 30.1. The van der Waals surface area contributed by atoms with E-state index in [0.29, 0.717) is 5.56 Å². The molecule has 1 aromatic carbocycles. The molecule has 0 bridgehead atoms. The molecular formula is C9H10NNaO3S. The van der Waals surface area contributed by atoms with Crippen molar-refractivity contribution in [2.24, 2.45) is 0 Å². The zero-order valence-corrected chi connectivity index (χ0v) is 11.1. The molecule has 0 spiro atoms. The molecule has 6 heteroatoms. The maximum atomic E-state index is 10.7. The van der Waals surface area contributed by atoms with Crippen LogP contribution in [0.3, 0.4) is 0 Å². The summed E-state index contributed by atoms with van der Waals surface area (Å²) in [5.41, 5.74) is 0.705. The van der Waals surface area contributed by atoms with Gasteiger partial charge >= 0.3 is 29.6 Å². The van der Waals surface area contributed by atoms with E-state index in [0.717, 1.165) is 0 Å². The summed E-state index contributed by atoms with van der Waals surface area (Å²) in [6.07, 6.45) is 0.0101. The third-order valence-electron chi connectivity index (χ3n) is 1.77. The Kier molecular flexibility index (Phi) is 6.10. The smallest absolute Gasteiger partial charge is 1.00 e. The van der Waals surface area contributed by atoms with Gasteiger partial charge in [0.25, 0.3) is 10.1 Å². The van der Waals surface area contributed by atoms with E-state index >= 15 is 0 Å². The van der Waals surface area contributed by atoms with Crippen molar-refractivity contribution in [2.45, 2.75) is 11.7 Å². The second-order valence-corrected chi connectivity index (χ2v) is 4.42. The number of hydrogen-bond donors (Lipinski definition) is 1. The molecule has 0 saturated carbocycles. The first-order valence-corrected chi connectivity index (χ1v) is 5.44. The topological polar surface area (TPSA) is 78.2 Å². The quantitative estimate of drug-likeness (QED) is 0.491. The van der Waals surface area contributed by atoms with Crippen LogP contribution in [0.1, 0.15) is 6.99 Å². The maximum Gasteiger partial charge on any atom is 1.00 e. The van der Waals surface area contributed by atoms with E-state index in [-0.39, 0.29) is 37.4 Å². The molecule has 0 aromatic heterocycles. The molecule has 1 atom stereocenters. The van der Waals surface area contributed by atoms with Gasteiger partial charge in [-0.1, -0.05) is 30.3 Å². The molecule has 0 fully saturated rings. The second-order valence-electron chi connectivity index (χ2n) is 2.82. The van der Waals surface area contributed by atoms with Crippen LogP contribution in [0.4, 0.5) is 0 Å². The van der Waals surface area contributed by atoms with Gasteiger partial charge in [0.15, 0.2) is 5.25 Å². The van der Waals surface area contributed by atoms with E-state index in [9.17, 15) is 8.42 Å². The number of nitriles is 1. The van der Waals surface area contributed by atoms with E-state index in [1.807, 2.05) is 0 Å². The number of benzene rings is 1. The van der Waals surface area contributed by atoms with Crippen LogP contribution in [0.5, 0.6) is 0 Å². The van der Waals surface area contributed by atoms with E-state index < -0.39 is 15.4 Å². The predicted molar refractivity (Wildman–Crippen MR) is 52.2 cm³/mol. The summed E-state index contributed by atoms with van der Waals surface area (Å²) in [6.45, 7) is 0. The summed E-state index contributed by atoms with van der Waals surface area (Å²) in [4.78, 5) is 0. The zero-order valence-electron chi connectivity index (χ0n) is 9.29. The Morgan fingerprint density at radius 2 is 1.93 bits per heavy atom. The molecule has 0 saturated heterocycles. The van der Waals surface area contributed by atoms with Crippen molar-refractivity contribution in [1.29, 1.82) is 5.26 Å². The fourth-order valence-corrected chi connectivity index (χ4v) is 1.58. The van der Waals surface area contributed by atoms with Crippen molar-refractivity contribution < 1.29 is 44.0 Å². The molecule has 0 radical (unpaired) electrons. The van der Waals surface area contributed by atoms with Gasteiger partial charge in [0.05, 0.1) is 6.07 Å². The predicted octanol–water partition coefficient (Wildman–Crippen LogP) is -1.87. The zero-order chi connectivity index (χ0) is 10.6. The Morgan fingerprint density at radius 3 is 2.33 bits per heavy atom. The monoisotopic (exact) mass is 235 g/mol. The SMILES string of the molecule is N#CC(Cc1ccccc1)S(=O)(=O)O.[H-].[Na+]. The molecule has 1 unspecified atom stereocenters. The number of nitrogens with zero attached hydrogens (tertiary/aromatic N) is 1. The number of hydrogen-bond acceptors (Lipinski definition) is 3. The average molecular weight is 235 g/mol. The van der Waals surface area contributed by atoms with Crippen LogP contribution in [-0.4, -0.2) is 18.2 Å². The Balaban J connectivity index is 0. The van der Waals surface area contributed by atoms with Gasteiger partial charge in [-0.15, -0.1) is 0 Å².